The van der Waals surface area contributed by atoms with Crippen LogP contribution in [-0.2, 0) is 28.9 Å². The molecule has 0 unspecified atom stereocenters. The predicted octanol–water partition coefficient (Wildman–Crippen LogP) is 1.68. The van der Waals surface area contributed by atoms with Crippen molar-refractivity contribution in [2.75, 3.05) is 6.61 Å². The molecule has 0 aliphatic carbocycles. The quantitative estimate of drug-likeness (QED) is 0.802. The maximum absolute atomic E-state index is 11.5. The molecule has 0 saturated heterocycles. The standard InChI is InChI=1S/C14H18N2O2/c1-3-10-5-11(7-14(17)18-4-2)13(9-16)12(6-10)8-15/h5-6H,3-4,7,9,16H2,1-2H3. The Kier molecular flexibility index (Phi) is 5.34. The molecule has 0 heterocycles. The van der Waals surface area contributed by atoms with Crippen LogP contribution in [0.3, 0.4) is 0 Å². The van der Waals surface area contributed by atoms with Gasteiger partial charge in [0.25, 0.3) is 0 Å². The van der Waals surface area contributed by atoms with Gasteiger partial charge in [0, 0.05) is 6.54 Å². The number of hydrogen-bond acceptors (Lipinski definition) is 4. The monoisotopic (exact) mass is 246 g/mol. The fraction of sp³-hybridized carbons (Fsp3) is 0.429. The number of hydrogen-bond donors (Lipinski definition) is 1. The van der Waals surface area contributed by atoms with E-state index in [1.165, 1.54) is 0 Å². The summed E-state index contributed by atoms with van der Waals surface area (Å²) in [6, 6.07) is 5.90. The molecule has 0 spiro atoms. The van der Waals surface area contributed by atoms with Crippen LogP contribution in [0.4, 0.5) is 0 Å². The number of nitriles is 1. The maximum atomic E-state index is 11.5. The highest BCUT2D eigenvalue weighted by atomic mass is 16.5. The molecule has 0 fully saturated rings. The molecular weight excluding hydrogens is 228 g/mol. The van der Waals surface area contributed by atoms with Crippen LogP contribution in [0.5, 0.6) is 0 Å². The summed E-state index contributed by atoms with van der Waals surface area (Å²) in [5.74, 6) is -0.288. The van der Waals surface area contributed by atoms with Gasteiger partial charge in [-0.1, -0.05) is 13.0 Å². The molecule has 0 bridgehead atoms. The van der Waals surface area contributed by atoms with E-state index in [0.717, 1.165) is 23.1 Å². The Balaban J connectivity index is 3.15. The minimum Gasteiger partial charge on any atom is -0.466 e. The first-order chi connectivity index (χ1) is 8.65. The summed E-state index contributed by atoms with van der Waals surface area (Å²) in [6.45, 7) is 4.38. The normalized spacial score (nSPS) is 9.89. The fourth-order valence-electron chi connectivity index (χ4n) is 1.87. The molecule has 0 atom stereocenters. The highest BCUT2D eigenvalue weighted by Gasteiger charge is 2.13. The summed E-state index contributed by atoms with van der Waals surface area (Å²) < 4.78 is 4.93. The second-order valence-corrected chi connectivity index (χ2v) is 3.93. The number of aryl methyl sites for hydroxylation is 1. The highest BCUT2D eigenvalue weighted by molar-refractivity contribution is 5.73. The Morgan fingerprint density at radius 2 is 2.17 bits per heavy atom. The molecule has 1 rings (SSSR count). The summed E-state index contributed by atoms with van der Waals surface area (Å²) in [5.41, 5.74) is 8.78. The number of carbonyl (C=O) groups excluding carboxylic acids is 1. The van der Waals surface area contributed by atoms with Crippen LogP contribution in [-0.4, -0.2) is 12.6 Å². The van der Waals surface area contributed by atoms with E-state index in [0.29, 0.717) is 12.2 Å². The summed E-state index contributed by atoms with van der Waals surface area (Å²) in [7, 11) is 0. The van der Waals surface area contributed by atoms with Crippen molar-refractivity contribution in [1.29, 1.82) is 5.26 Å². The fourth-order valence-corrected chi connectivity index (χ4v) is 1.87. The highest BCUT2D eigenvalue weighted by Crippen LogP contribution is 2.18. The van der Waals surface area contributed by atoms with Gasteiger partial charge in [0.15, 0.2) is 0 Å². The van der Waals surface area contributed by atoms with E-state index in [9.17, 15) is 4.79 Å². The summed E-state index contributed by atoms with van der Waals surface area (Å²) in [4.78, 5) is 11.5. The van der Waals surface area contributed by atoms with E-state index in [1.54, 1.807) is 6.92 Å². The van der Waals surface area contributed by atoms with Crippen LogP contribution in [0.2, 0.25) is 0 Å². The number of benzene rings is 1. The van der Waals surface area contributed by atoms with Gasteiger partial charge in [-0.15, -0.1) is 0 Å². The Morgan fingerprint density at radius 1 is 1.44 bits per heavy atom. The lowest BCUT2D eigenvalue weighted by molar-refractivity contribution is -0.142. The minimum absolute atomic E-state index is 0.170. The zero-order valence-corrected chi connectivity index (χ0v) is 10.8. The van der Waals surface area contributed by atoms with Gasteiger partial charge in [-0.3, -0.25) is 4.79 Å². The lowest BCUT2D eigenvalue weighted by atomic mass is 9.95. The Morgan fingerprint density at radius 3 is 2.67 bits per heavy atom. The summed E-state index contributed by atoms with van der Waals surface area (Å²) in [5, 5.41) is 9.11. The number of ether oxygens (including phenoxy) is 1. The molecule has 4 nitrogen and oxygen atoms in total. The number of esters is 1. The third-order valence-electron chi connectivity index (χ3n) is 2.78. The molecule has 0 aliphatic heterocycles. The zero-order valence-electron chi connectivity index (χ0n) is 10.8. The van der Waals surface area contributed by atoms with Crippen molar-refractivity contribution in [3.63, 3.8) is 0 Å². The largest absolute Gasteiger partial charge is 0.466 e. The lowest BCUT2D eigenvalue weighted by Crippen LogP contribution is -2.12. The molecule has 0 aliphatic rings. The molecule has 0 saturated carbocycles. The summed E-state index contributed by atoms with van der Waals surface area (Å²) in [6.07, 6.45) is 0.984. The van der Waals surface area contributed by atoms with Crippen LogP contribution in [0.1, 0.15) is 36.1 Å². The zero-order chi connectivity index (χ0) is 13.5. The van der Waals surface area contributed by atoms with Gasteiger partial charge in [0.05, 0.1) is 24.7 Å². The molecule has 4 heteroatoms. The molecule has 96 valence electrons. The average Bonchev–Trinajstić information content (AvgIpc) is 2.37. The van der Waals surface area contributed by atoms with Gasteiger partial charge in [-0.05, 0) is 36.1 Å². The van der Waals surface area contributed by atoms with Gasteiger partial charge in [-0.2, -0.15) is 5.26 Å². The molecule has 1 aromatic carbocycles. The number of nitrogens with two attached hydrogens (primary N) is 1. The van der Waals surface area contributed by atoms with E-state index in [-0.39, 0.29) is 18.9 Å². The van der Waals surface area contributed by atoms with E-state index in [2.05, 4.69) is 6.07 Å². The number of carbonyl (C=O) groups is 1. The number of rotatable bonds is 5. The predicted molar refractivity (Wildman–Crippen MR) is 68.8 cm³/mol. The molecule has 1 aromatic rings. The first-order valence-corrected chi connectivity index (χ1v) is 6.06. The molecule has 2 N–H and O–H groups in total. The number of nitrogens with zero attached hydrogens (tertiary/aromatic N) is 1. The van der Waals surface area contributed by atoms with Crippen LogP contribution in [0.25, 0.3) is 0 Å². The van der Waals surface area contributed by atoms with Crippen molar-refractivity contribution in [2.45, 2.75) is 33.2 Å². The second-order valence-electron chi connectivity index (χ2n) is 3.93. The van der Waals surface area contributed by atoms with Crippen LogP contribution in [0, 0.1) is 11.3 Å². The Hall–Kier alpha value is -1.86. The van der Waals surface area contributed by atoms with Gasteiger partial charge in [-0.25, -0.2) is 0 Å². The molecule has 0 radical (unpaired) electrons. The SMILES string of the molecule is CCOC(=O)Cc1cc(CC)cc(C#N)c1CN. The van der Waals surface area contributed by atoms with Crippen LogP contribution >= 0.6 is 0 Å². The van der Waals surface area contributed by atoms with Crippen molar-refractivity contribution >= 4 is 5.97 Å². The first kappa shape index (κ1) is 14.2. The van der Waals surface area contributed by atoms with Crippen LogP contribution < -0.4 is 5.73 Å². The van der Waals surface area contributed by atoms with E-state index >= 15 is 0 Å². The van der Waals surface area contributed by atoms with Crippen molar-refractivity contribution < 1.29 is 9.53 Å². The summed E-state index contributed by atoms with van der Waals surface area (Å²) >= 11 is 0. The Bertz CT molecular complexity index is 475. The molecular formula is C14H18N2O2. The van der Waals surface area contributed by atoms with Gasteiger partial charge in [0.1, 0.15) is 0 Å². The molecule has 0 amide bonds. The minimum atomic E-state index is -0.288. The first-order valence-electron chi connectivity index (χ1n) is 6.06. The maximum Gasteiger partial charge on any atom is 0.310 e. The molecule has 18 heavy (non-hydrogen) atoms. The second kappa shape index (κ2) is 6.77. The smallest absolute Gasteiger partial charge is 0.310 e. The van der Waals surface area contributed by atoms with Crippen molar-refractivity contribution in [3.05, 3.63) is 34.4 Å². The van der Waals surface area contributed by atoms with E-state index in [4.69, 9.17) is 15.7 Å². The van der Waals surface area contributed by atoms with Crippen molar-refractivity contribution in [1.82, 2.24) is 0 Å². The Labute approximate surface area is 107 Å². The van der Waals surface area contributed by atoms with Crippen LogP contribution in [0.15, 0.2) is 12.1 Å². The van der Waals surface area contributed by atoms with E-state index < -0.39 is 0 Å². The topological polar surface area (TPSA) is 76.1 Å². The van der Waals surface area contributed by atoms with Crippen molar-refractivity contribution in [3.8, 4) is 6.07 Å². The van der Waals surface area contributed by atoms with Gasteiger partial charge in [0.2, 0.25) is 0 Å². The van der Waals surface area contributed by atoms with Gasteiger partial charge >= 0.3 is 5.97 Å². The lowest BCUT2D eigenvalue weighted by Gasteiger charge is -2.11. The van der Waals surface area contributed by atoms with Gasteiger partial charge < -0.3 is 10.5 Å². The van der Waals surface area contributed by atoms with E-state index in [1.807, 2.05) is 19.1 Å². The third-order valence-corrected chi connectivity index (χ3v) is 2.78. The molecule has 0 aromatic heterocycles. The average molecular weight is 246 g/mol. The third kappa shape index (κ3) is 3.31. The van der Waals surface area contributed by atoms with Crippen molar-refractivity contribution in [2.24, 2.45) is 5.73 Å².